The zero-order valence-corrected chi connectivity index (χ0v) is 12.5. The van der Waals surface area contributed by atoms with Crippen LogP contribution >= 0.6 is 0 Å². The van der Waals surface area contributed by atoms with E-state index in [4.69, 9.17) is 4.74 Å². The highest BCUT2D eigenvalue weighted by atomic mass is 16.5. The molecule has 2 rings (SSSR count). The molecule has 112 valence electrons. The normalized spacial score (nSPS) is 10.4. The summed E-state index contributed by atoms with van der Waals surface area (Å²) in [5, 5.41) is 3.98. The van der Waals surface area contributed by atoms with Crippen LogP contribution in [0.1, 0.15) is 21.5 Å². The number of benzene rings is 2. The molecule has 0 aromatic heterocycles. The molecule has 0 saturated carbocycles. The van der Waals surface area contributed by atoms with Crippen LogP contribution < -0.4 is 10.2 Å². The van der Waals surface area contributed by atoms with E-state index in [9.17, 15) is 4.79 Å². The summed E-state index contributed by atoms with van der Waals surface area (Å²) in [4.78, 5) is 11.9. The lowest BCUT2D eigenvalue weighted by molar-refractivity contribution is 0.0955. The van der Waals surface area contributed by atoms with Crippen molar-refractivity contribution in [2.75, 3.05) is 6.61 Å². The van der Waals surface area contributed by atoms with Gasteiger partial charge in [0.05, 0.1) is 6.21 Å². The Morgan fingerprint density at radius 1 is 1.23 bits per heavy atom. The van der Waals surface area contributed by atoms with E-state index in [1.54, 1.807) is 24.4 Å². The molecule has 2 aromatic rings. The van der Waals surface area contributed by atoms with Crippen LogP contribution in [0, 0.1) is 6.92 Å². The number of carbonyl (C=O) groups excluding carboxylic acids is 1. The van der Waals surface area contributed by atoms with Crippen molar-refractivity contribution in [2.45, 2.75) is 6.92 Å². The van der Waals surface area contributed by atoms with Gasteiger partial charge in [0.15, 0.2) is 0 Å². The van der Waals surface area contributed by atoms with Crippen molar-refractivity contribution in [1.82, 2.24) is 5.43 Å². The van der Waals surface area contributed by atoms with Gasteiger partial charge in [-0.3, -0.25) is 4.79 Å². The third-order valence-electron chi connectivity index (χ3n) is 2.96. The Hall–Kier alpha value is -2.88. The van der Waals surface area contributed by atoms with Crippen LogP contribution in [-0.4, -0.2) is 18.7 Å². The summed E-state index contributed by atoms with van der Waals surface area (Å²) in [7, 11) is 0. The lowest BCUT2D eigenvalue weighted by Crippen LogP contribution is -2.17. The maximum Gasteiger partial charge on any atom is 0.271 e. The van der Waals surface area contributed by atoms with E-state index in [-0.39, 0.29) is 5.91 Å². The number of rotatable bonds is 6. The van der Waals surface area contributed by atoms with Gasteiger partial charge in [0, 0.05) is 11.1 Å². The lowest BCUT2D eigenvalue weighted by atomic mass is 10.1. The quantitative estimate of drug-likeness (QED) is 0.505. The Labute approximate surface area is 130 Å². The molecule has 0 saturated heterocycles. The van der Waals surface area contributed by atoms with Crippen LogP contribution in [0.25, 0.3) is 0 Å². The molecule has 0 spiro atoms. The molecule has 4 heteroatoms. The fourth-order valence-corrected chi connectivity index (χ4v) is 1.80. The summed E-state index contributed by atoms with van der Waals surface area (Å²) in [5.41, 5.74) is 4.96. The first kappa shape index (κ1) is 15.5. The van der Waals surface area contributed by atoms with Gasteiger partial charge < -0.3 is 4.74 Å². The molecule has 22 heavy (non-hydrogen) atoms. The van der Waals surface area contributed by atoms with Crippen molar-refractivity contribution in [3.05, 3.63) is 77.9 Å². The zero-order valence-electron chi connectivity index (χ0n) is 12.5. The van der Waals surface area contributed by atoms with E-state index >= 15 is 0 Å². The Balaban J connectivity index is 2.01. The molecule has 0 bridgehead atoms. The Kier molecular flexibility index (Phi) is 5.49. The van der Waals surface area contributed by atoms with Crippen molar-refractivity contribution < 1.29 is 9.53 Å². The van der Waals surface area contributed by atoms with Crippen LogP contribution in [0.2, 0.25) is 0 Å². The highest BCUT2D eigenvalue weighted by molar-refractivity contribution is 5.95. The number of carbonyl (C=O) groups is 1. The first-order valence-corrected chi connectivity index (χ1v) is 6.93. The van der Waals surface area contributed by atoms with Gasteiger partial charge in [0.2, 0.25) is 0 Å². The molecule has 0 aliphatic carbocycles. The Morgan fingerprint density at radius 2 is 1.95 bits per heavy atom. The van der Waals surface area contributed by atoms with E-state index in [1.165, 1.54) is 0 Å². The summed E-state index contributed by atoms with van der Waals surface area (Å²) >= 11 is 0. The van der Waals surface area contributed by atoms with Crippen molar-refractivity contribution in [3.63, 3.8) is 0 Å². The monoisotopic (exact) mass is 294 g/mol. The molecule has 2 aromatic carbocycles. The van der Waals surface area contributed by atoms with E-state index < -0.39 is 0 Å². The molecular formula is C18H18N2O2. The van der Waals surface area contributed by atoms with Gasteiger partial charge in [0.1, 0.15) is 12.4 Å². The first-order chi connectivity index (χ1) is 10.7. The number of hydrogen-bond donors (Lipinski definition) is 1. The average Bonchev–Trinajstić information content (AvgIpc) is 2.54. The standard InChI is InChI=1S/C18H18N2O2/c1-3-12-22-17-7-5-4-6-16(17)13-19-20-18(21)15-10-8-14(2)9-11-15/h3-11,13H,1,12H2,2H3,(H,20,21)/b19-13-. The third kappa shape index (κ3) is 4.31. The lowest BCUT2D eigenvalue weighted by Gasteiger charge is -2.06. The second-order valence-electron chi connectivity index (χ2n) is 4.70. The molecule has 0 radical (unpaired) electrons. The van der Waals surface area contributed by atoms with E-state index in [1.807, 2.05) is 43.3 Å². The van der Waals surface area contributed by atoms with Crippen molar-refractivity contribution in [3.8, 4) is 5.75 Å². The molecule has 0 fully saturated rings. The minimum atomic E-state index is -0.249. The minimum absolute atomic E-state index is 0.249. The second kappa shape index (κ2) is 7.78. The predicted molar refractivity (Wildman–Crippen MR) is 88.4 cm³/mol. The summed E-state index contributed by atoms with van der Waals surface area (Å²) in [5.74, 6) is 0.441. The largest absolute Gasteiger partial charge is 0.489 e. The van der Waals surface area contributed by atoms with E-state index in [2.05, 4.69) is 17.1 Å². The number of nitrogens with one attached hydrogen (secondary N) is 1. The fraction of sp³-hybridized carbons (Fsp3) is 0.111. The smallest absolute Gasteiger partial charge is 0.271 e. The second-order valence-corrected chi connectivity index (χ2v) is 4.70. The molecule has 0 heterocycles. The first-order valence-electron chi connectivity index (χ1n) is 6.93. The fourth-order valence-electron chi connectivity index (χ4n) is 1.80. The number of hydrazone groups is 1. The number of para-hydroxylation sites is 1. The van der Waals surface area contributed by atoms with Crippen molar-refractivity contribution >= 4 is 12.1 Å². The maximum absolute atomic E-state index is 11.9. The summed E-state index contributed by atoms with van der Waals surface area (Å²) in [6.07, 6.45) is 3.23. The third-order valence-corrected chi connectivity index (χ3v) is 2.96. The van der Waals surface area contributed by atoms with Gasteiger partial charge in [-0.2, -0.15) is 5.10 Å². The van der Waals surface area contributed by atoms with Gasteiger partial charge in [-0.1, -0.05) is 42.5 Å². The molecular weight excluding hydrogens is 276 g/mol. The number of aryl methyl sites for hydroxylation is 1. The minimum Gasteiger partial charge on any atom is -0.489 e. The molecule has 0 aliphatic rings. The SMILES string of the molecule is C=CCOc1ccccc1/C=N\NC(=O)c1ccc(C)cc1. The Morgan fingerprint density at radius 3 is 2.68 bits per heavy atom. The van der Waals surface area contributed by atoms with Crippen molar-refractivity contribution in [1.29, 1.82) is 0 Å². The molecule has 1 amide bonds. The highest BCUT2D eigenvalue weighted by Gasteiger charge is 2.03. The highest BCUT2D eigenvalue weighted by Crippen LogP contribution is 2.15. The van der Waals surface area contributed by atoms with Gasteiger partial charge in [-0.05, 0) is 31.2 Å². The van der Waals surface area contributed by atoms with Crippen LogP contribution in [-0.2, 0) is 0 Å². The van der Waals surface area contributed by atoms with Crippen LogP contribution in [0.5, 0.6) is 5.75 Å². The van der Waals surface area contributed by atoms with E-state index in [0.717, 1.165) is 11.1 Å². The van der Waals surface area contributed by atoms with Crippen LogP contribution in [0.4, 0.5) is 0 Å². The molecule has 1 N–H and O–H groups in total. The molecule has 4 nitrogen and oxygen atoms in total. The van der Waals surface area contributed by atoms with Gasteiger partial charge in [0.25, 0.3) is 5.91 Å². The topological polar surface area (TPSA) is 50.7 Å². The number of amides is 1. The average molecular weight is 294 g/mol. The summed E-state index contributed by atoms with van der Waals surface area (Å²) in [6, 6.07) is 14.8. The number of nitrogens with zero attached hydrogens (tertiary/aromatic N) is 1. The zero-order chi connectivity index (χ0) is 15.8. The van der Waals surface area contributed by atoms with Crippen molar-refractivity contribution in [2.24, 2.45) is 5.10 Å². The van der Waals surface area contributed by atoms with Gasteiger partial charge in [-0.15, -0.1) is 0 Å². The molecule has 0 atom stereocenters. The predicted octanol–water partition coefficient (Wildman–Crippen LogP) is 3.32. The number of ether oxygens (including phenoxy) is 1. The van der Waals surface area contributed by atoms with Gasteiger partial charge >= 0.3 is 0 Å². The number of hydrogen-bond acceptors (Lipinski definition) is 3. The summed E-state index contributed by atoms with van der Waals surface area (Å²) in [6.45, 7) is 6.00. The van der Waals surface area contributed by atoms with Gasteiger partial charge in [-0.25, -0.2) is 5.43 Å². The molecule has 0 unspecified atom stereocenters. The van der Waals surface area contributed by atoms with Crippen LogP contribution in [0.3, 0.4) is 0 Å². The maximum atomic E-state index is 11.9. The molecule has 0 aliphatic heterocycles. The Bertz CT molecular complexity index is 676. The summed E-state index contributed by atoms with van der Waals surface area (Å²) < 4.78 is 5.52. The van der Waals surface area contributed by atoms with E-state index in [0.29, 0.717) is 17.9 Å². The van der Waals surface area contributed by atoms with Crippen LogP contribution in [0.15, 0.2) is 66.3 Å².